The first kappa shape index (κ1) is 12.8. The number of hydrogen-bond acceptors (Lipinski definition) is 3. The Morgan fingerprint density at radius 2 is 2.00 bits per heavy atom. The number of para-hydroxylation sites is 1. The molecule has 2 aliphatic heterocycles. The molecule has 3 atom stereocenters. The van der Waals surface area contributed by atoms with Gasteiger partial charge in [0, 0.05) is 23.5 Å². The summed E-state index contributed by atoms with van der Waals surface area (Å²) in [6.45, 7) is 0. The number of aromatic amines is 1. The molecule has 2 saturated heterocycles. The third kappa shape index (κ3) is 2.12. The molecule has 0 radical (unpaired) electrons. The Bertz CT molecular complexity index is 666. The maximum Gasteiger partial charge on any atom is 0.272 e. The molecule has 1 amide bonds. The van der Waals surface area contributed by atoms with E-state index in [-0.39, 0.29) is 11.9 Å². The van der Waals surface area contributed by atoms with Crippen molar-refractivity contribution in [2.24, 2.45) is 0 Å². The minimum atomic E-state index is -0.0543. The molecule has 0 spiro atoms. The van der Waals surface area contributed by atoms with Crippen LogP contribution in [0.1, 0.15) is 36.2 Å². The molecule has 5 heteroatoms. The predicted molar refractivity (Wildman–Crippen MR) is 81.2 cm³/mol. The average Bonchev–Trinajstić information content (AvgIpc) is 2.98. The third-order valence-corrected chi connectivity index (χ3v) is 5.12. The second kappa shape index (κ2) is 4.84. The fourth-order valence-electron chi connectivity index (χ4n) is 3.92. The predicted octanol–water partition coefficient (Wildman–Crippen LogP) is 1.92. The number of amides is 1. The first-order valence-corrected chi connectivity index (χ1v) is 7.68. The molecule has 2 aliphatic rings. The molecule has 1 aromatic carbocycles. The van der Waals surface area contributed by atoms with Crippen molar-refractivity contribution in [1.29, 1.82) is 0 Å². The summed E-state index contributed by atoms with van der Waals surface area (Å²) in [5.74, 6) is -0.0543. The van der Waals surface area contributed by atoms with Crippen LogP contribution in [0.15, 0.2) is 24.3 Å². The Morgan fingerprint density at radius 3 is 2.76 bits per heavy atom. The summed E-state index contributed by atoms with van der Waals surface area (Å²) < 4.78 is 0. The van der Waals surface area contributed by atoms with Crippen LogP contribution in [-0.4, -0.2) is 46.2 Å². The molecule has 2 fully saturated rings. The van der Waals surface area contributed by atoms with Gasteiger partial charge in [-0.2, -0.15) is 5.10 Å². The molecular weight excluding hydrogens is 264 g/mol. The van der Waals surface area contributed by atoms with E-state index in [1.54, 1.807) is 0 Å². The van der Waals surface area contributed by atoms with Gasteiger partial charge in [-0.15, -0.1) is 0 Å². The summed E-state index contributed by atoms with van der Waals surface area (Å²) in [6, 6.07) is 9.29. The molecule has 2 bridgehead atoms. The van der Waals surface area contributed by atoms with Gasteiger partial charge in [0.05, 0.1) is 5.52 Å². The lowest BCUT2D eigenvalue weighted by Crippen LogP contribution is -2.48. The van der Waals surface area contributed by atoms with Crippen molar-refractivity contribution in [3.05, 3.63) is 30.0 Å². The van der Waals surface area contributed by atoms with Crippen LogP contribution < -0.4 is 5.32 Å². The van der Waals surface area contributed by atoms with E-state index < -0.39 is 0 Å². The van der Waals surface area contributed by atoms with Crippen LogP contribution in [-0.2, 0) is 0 Å². The maximum atomic E-state index is 12.5. The van der Waals surface area contributed by atoms with Crippen molar-refractivity contribution in [3.63, 3.8) is 0 Å². The number of rotatable bonds is 2. The van der Waals surface area contributed by atoms with Crippen molar-refractivity contribution >= 4 is 16.8 Å². The Hall–Kier alpha value is -1.88. The molecule has 1 aromatic heterocycles. The highest BCUT2D eigenvalue weighted by Crippen LogP contribution is 2.34. The van der Waals surface area contributed by atoms with E-state index in [9.17, 15) is 4.79 Å². The summed E-state index contributed by atoms with van der Waals surface area (Å²) in [6.07, 6.45) is 4.64. The van der Waals surface area contributed by atoms with Gasteiger partial charge in [-0.1, -0.05) is 18.2 Å². The molecule has 3 heterocycles. The van der Waals surface area contributed by atoms with Crippen molar-refractivity contribution in [3.8, 4) is 0 Å². The standard InChI is InChI=1S/C16H20N4O/c1-20-11-6-7-12(20)9-10(8-11)17-16(21)15-13-4-2-3-5-14(13)18-19-15/h2-5,10-12H,6-9H2,1H3,(H,17,21)(H,18,19)/t10?,11-,12+. The van der Waals surface area contributed by atoms with Gasteiger partial charge < -0.3 is 10.2 Å². The molecule has 4 rings (SSSR count). The lowest BCUT2D eigenvalue weighted by atomic mass is 9.98. The Labute approximate surface area is 123 Å². The van der Waals surface area contributed by atoms with E-state index in [0.717, 1.165) is 23.7 Å². The first-order valence-electron chi connectivity index (χ1n) is 7.68. The summed E-state index contributed by atoms with van der Waals surface area (Å²) >= 11 is 0. The van der Waals surface area contributed by atoms with Gasteiger partial charge in [-0.05, 0) is 38.8 Å². The maximum absolute atomic E-state index is 12.5. The number of nitrogens with zero attached hydrogens (tertiary/aromatic N) is 2. The molecule has 0 saturated carbocycles. The molecule has 5 nitrogen and oxygen atoms in total. The van der Waals surface area contributed by atoms with E-state index >= 15 is 0 Å². The number of carbonyl (C=O) groups is 1. The van der Waals surface area contributed by atoms with Gasteiger partial charge >= 0.3 is 0 Å². The molecule has 2 N–H and O–H groups in total. The SMILES string of the molecule is CN1[C@@H]2CC[C@H]1CC(NC(=O)c1n[nH]c3ccccc13)C2. The third-order valence-electron chi connectivity index (χ3n) is 5.12. The Kier molecular flexibility index (Phi) is 2.96. The normalized spacial score (nSPS) is 28.9. The number of benzene rings is 1. The number of H-pyrrole nitrogens is 1. The van der Waals surface area contributed by atoms with Crippen LogP contribution >= 0.6 is 0 Å². The van der Waals surface area contributed by atoms with Crippen LogP contribution in [0, 0.1) is 0 Å². The Morgan fingerprint density at radius 1 is 1.29 bits per heavy atom. The average molecular weight is 284 g/mol. The first-order chi connectivity index (χ1) is 10.2. The monoisotopic (exact) mass is 284 g/mol. The zero-order valence-corrected chi connectivity index (χ0v) is 12.2. The van der Waals surface area contributed by atoms with Crippen LogP contribution in [0.3, 0.4) is 0 Å². The van der Waals surface area contributed by atoms with Crippen LogP contribution in [0.4, 0.5) is 0 Å². The lowest BCUT2D eigenvalue weighted by molar-refractivity contribution is 0.0879. The summed E-state index contributed by atoms with van der Waals surface area (Å²) in [4.78, 5) is 15.0. The zero-order chi connectivity index (χ0) is 14.4. The van der Waals surface area contributed by atoms with Gasteiger partial charge in [-0.25, -0.2) is 0 Å². The minimum absolute atomic E-state index is 0.0543. The molecule has 2 aromatic rings. The summed E-state index contributed by atoms with van der Waals surface area (Å²) in [5.41, 5.74) is 1.42. The highest BCUT2D eigenvalue weighted by Gasteiger charge is 2.39. The van der Waals surface area contributed by atoms with Crippen molar-refractivity contribution < 1.29 is 4.79 Å². The number of hydrogen-bond donors (Lipinski definition) is 2. The smallest absolute Gasteiger partial charge is 0.272 e. The van der Waals surface area contributed by atoms with E-state index in [1.165, 1.54) is 12.8 Å². The summed E-state index contributed by atoms with van der Waals surface area (Å²) in [5, 5.41) is 11.2. The number of fused-ring (bicyclic) bond motifs is 3. The van der Waals surface area contributed by atoms with Crippen molar-refractivity contribution in [2.75, 3.05) is 7.05 Å². The largest absolute Gasteiger partial charge is 0.348 e. The minimum Gasteiger partial charge on any atom is -0.348 e. The molecule has 0 aliphatic carbocycles. The molecule has 1 unspecified atom stereocenters. The van der Waals surface area contributed by atoms with Crippen LogP contribution in [0.25, 0.3) is 10.9 Å². The van der Waals surface area contributed by atoms with Crippen molar-refractivity contribution in [1.82, 2.24) is 20.4 Å². The van der Waals surface area contributed by atoms with Gasteiger partial charge in [-0.3, -0.25) is 9.89 Å². The van der Waals surface area contributed by atoms with Crippen LogP contribution in [0.2, 0.25) is 0 Å². The lowest BCUT2D eigenvalue weighted by Gasteiger charge is -2.36. The second-order valence-electron chi connectivity index (χ2n) is 6.31. The van der Waals surface area contributed by atoms with E-state index in [0.29, 0.717) is 17.8 Å². The summed E-state index contributed by atoms with van der Waals surface area (Å²) in [7, 11) is 2.21. The number of aromatic nitrogens is 2. The Balaban J connectivity index is 1.51. The molecule has 21 heavy (non-hydrogen) atoms. The number of piperidine rings is 1. The highest BCUT2D eigenvalue weighted by atomic mass is 16.2. The van der Waals surface area contributed by atoms with E-state index in [1.807, 2.05) is 24.3 Å². The zero-order valence-electron chi connectivity index (χ0n) is 12.2. The van der Waals surface area contributed by atoms with E-state index in [4.69, 9.17) is 0 Å². The fraction of sp³-hybridized carbons (Fsp3) is 0.500. The van der Waals surface area contributed by atoms with Gasteiger partial charge in [0.1, 0.15) is 0 Å². The highest BCUT2D eigenvalue weighted by molar-refractivity contribution is 6.04. The topological polar surface area (TPSA) is 61.0 Å². The second-order valence-corrected chi connectivity index (χ2v) is 6.31. The van der Waals surface area contributed by atoms with Gasteiger partial charge in [0.2, 0.25) is 0 Å². The van der Waals surface area contributed by atoms with Gasteiger partial charge in [0.25, 0.3) is 5.91 Å². The molecule has 110 valence electrons. The van der Waals surface area contributed by atoms with Crippen molar-refractivity contribution in [2.45, 2.75) is 43.8 Å². The van der Waals surface area contributed by atoms with Gasteiger partial charge in [0.15, 0.2) is 5.69 Å². The van der Waals surface area contributed by atoms with E-state index in [2.05, 4.69) is 27.5 Å². The fourth-order valence-corrected chi connectivity index (χ4v) is 3.92. The quantitative estimate of drug-likeness (QED) is 0.885. The molecular formula is C16H20N4O. The number of carbonyl (C=O) groups excluding carboxylic acids is 1. The van der Waals surface area contributed by atoms with Crippen LogP contribution in [0.5, 0.6) is 0 Å². The number of nitrogens with one attached hydrogen (secondary N) is 2.